The summed E-state index contributed by atoms with van der Waals surface area (Å²) >= 11 is 6.44. The van der Waals surface area contributed by atoms with Crippen LogP contribution in [-0.4, -0.2) is 77.7 Å². The zero-order chi connectivity index (χ0) is 32.8. The third-order valence-corrected chi connectivity index (χ3v) is 10.7. The Hall–Kier alpha value is -3.40. The van der Waals surface area contributed by atoms with Gasteiger partial charge in [0.1, 0.15) is 17.3 Å². The van der Waals surface area contributed by atoms with Crippen molar-refractivity contribution in [2.24, 2.45) is 13.0 Å². The summed E-state index contributed by atoms with van der Waals surface area (Å²) in [6.45, 7) is 4.47. The van der Waals surface area contributed by atoms with E-state index in [9.17, 15) is 14.4 Å². The van der Waals surface area contributed by atoms with E-state index in [4.69, 9.17) is 16.3 Å². The molecule has 2 aromatic carbocycles. The van der Waals surface area contributed by atoms with E-state index in [2.05, 4.69) is 20.9 Å². The number of amides is 3. The summed E-state index contributed by atoms with van der Waals surface area (Å²) in [6.07, 6.45) is 8.98. The molecule has 3 aromatic rings. The Labute approximate surface area is 282 Å². The second kappa shape index (κ2) is 15.2. The van der Waals surface area contributed by atoms with E-state index in [1.54, 1.807) is 23.7 Å². The number of benzene rings is 2. The largest absolute Gasteiger partial charge is 0.377 e. The molecule has 1 aromatic heterocycles. The maximum atomic E-state index is 14.1. The van der Waals surface area contributed by atoms with Gasteiger partial charge < -0.3 is 30.2 Å². The van der Waals surface area contributed by atoms with Gasteiger partial charge in [-0.25, -0.2) is 0 Å². The van der Waals surface area contributed by atoms with Crippen molar-refractivity contribution in [2.45, 2.75) is 81.9 Å². The lowest BCUT2D eigenvalue weighted by molar-refractivity contribution is -0.132. The Bertz CT molecular complexity index is 1540. The van der Waals surface area contributed by atoms with Crippen molar-refractivity contribution in [2.75, 3.05) is 32.8 Å². The highest BCUT2D eigenvalue weighted by molar-refractivity contribution is 6.35. The molecule has 2 saturated heterocycles. The summed E-state index contributed by atoms with van der Waals surface area (Å²) in [6, 6.07) is 16.4. The number of para-hydroxylation sites is 1. The van der Waals surface area contributed by atoms with Crippen LogP contribution in [0.1, 0.15) is 73.8 Å². The molecule has 252 valence electrons. The third kappa shape index (κ3) is 8.02. The summed E-state index contributed by atoms with van der Waals surface area (Å²) in [5.74, 6) is -0.440. The molecule has 1 saturated carbocycles. The number of hydrogen-bond donors (Lipinski definition) is 3. The molecule has 9 nitrogen and oxygen atoms in total. The first kappa shape index (κ1) is 33.5. The van der Waals surface area contributed by atoms with Gasteiger partial charge in [0.05, 0.1) is 16.6 Å². The van der Waals surface area contributed by atoms with E-state index >= 15 is 0 Å². The van der Waals surface area contributed by atoms with Crippen molar-refractivity contribution in [3.63, 3.8) is 0 Å². The molecule has 0 radical (unpaired) electrons. The Balaban J connectivity index is 1.10. The van der Waals surface area contributed by atoms with Crippen LogP contribution in [0.25, 0.3) is 10.9 Å². The number of fused-ring (bicyclic) bond motifs is 1. The van der Waals surface area contributed by atoms with Crippen LogP contribution in [0.15, 0.2) is 54.6 Å². The minimum atomic E-state index is -1.10. The van der Waals surface area contributed by atoms with Gasteiger partial charge in [-0.05, 0) is 81.6 Å². The van der Waals surface area contributed by atoms with Crippen LogP contribution in [-0.2, 0) is 27.8 Å². The van der Waals surface area contributed by atoms with Gasteiger partial charge in [-0.3, -0.25) is 14.4 Å². The molecule has 47 heavy (non-hydrogen) atoms. The highest BCUT2D eigenvalue weighted by Gasteiger charge is 2.44. The second-order valence-electron chi connectivity index (χ2n) is 13.7. The molecule has 0 bridgehead atoms. The van der Waals surface area contributed by atoms with E-state index in [0.29, 0.717) is 48.5 Å². The number of aryl methyl sites for hydroxylation is 1. The number of hydrogen-bond acceptors (Lipinski definition) is 5. The molecule has 3 amide bonds. The number of carbonyl (C=O) groups excluding carboxylic acids is 3. The average molecular weight is 662 g/mol. The fourth-order valence-electron chi connectivity index (χ4n) is 7.59. The van der Waals surface area contributed by atoms with E-state index in [-0.39, 0.29) is 17.7 Å². The van der Waals surface area contributed by atoms with Crippen molar-refractivity contribution >= 4 is 40.2 Å². The van der Waals surface area contributed by atoms with Gasteiger partial charge in [0.15, 0.2) is 0 Å². The van der Waals surface area contributed by atoms with Crippen LogP contribution < -0.4 is 16.0 Å². The molecule has 3 fully saturated rings. The van der Waals surface area contributed by atoms with Crippen molar-refractivity contribution < 1.29 is 19.1 Å². The Morgan fingerprint density at radius 1 is 0.979 bits per heavy atom. The first-order valence-electron chi connectivity index (χ1n) is 17.3. The summed E-state index contributed by atoms with van der Waals surface area (Å²) in [4.78, 5) is 44.0. The number of nitrogens with zero attached hydrogens (tertiary/aromatic N) is 2. The van der Waals surface area contributed by atoms with Gasteiger partial charge in [0.2, 0.25) is 11.8 Å². The number of halogens is 1. The van der Waals surface area contributed by atoms with Crippen molar-refractivity contribution in [1.29, 1.82) is 0 Å². The fourth-order valence-corrected chi connectivity index (χ4v) is 7.90. The minimum absolute atomic E-state index is 0.192. The predicted octanol–water partition coefficient (Wildman–Crippen LogP) is 5.00. The van der Waals surface area contributed by atoms with Gasteiger partial charge in [-0.1, -0.05) is 66.9 Å². The van der Waals surface area contributed by atoms with Crippen LogP contribution in [0.2, 0.25) is 5.02 Å². The maximum Gasteiger partial charge on any atom is 0.268 e. The van der Waals surface area contributed by atoms with Crippen LogP contribution in [0.3, 0.4) is 0 Å². The molecule has 2 aliphatic heterocycles. The highest BCUT2D eigenvalue weighted by atomic mass is 35.5. The number of likely N-dealkylation sites (tertiary alicyclic amines) is 1. The quantitative estimate of drug-likeness (QED) is 0.268. The average Bonchev–Trinajstić information content (AvgIpc) is 3.70. The molecule has 1 unspecified atom stereocenters. The molecular formula is C37H48ClN5O4. The summed E-state index contributed by atoms with van der Waals surface area (Å²) in [5.41, 5.74) is 1.07. The first-order valence-corrected chi connectivity index (χ1v) is 17.7. The lowest BCUT2D eigenvalue weighted by Crippen LogP contribution is -2.61. The molecule has 3 aliphatic rings. The number of aromatic nitrogens is 1. The Kier molecular flexibility index (Phi) is 10.8. The van der Waals surface area contributed by atoms with Crippen LogP contribution >= 0.6 is 11.6 Å². The third-order valence-electron chi connectivity index (χ3n) is 10.4. The van der Waals surface area contributed by atoms with Gasteiger partial charge in [0, 0.05) is 38.6 Å². The van der Waals surface area contributed by atoms with E-state index in [1.165, 1.54) is 12.8 Å². The number of rotatable bonds is 11. The zero-order valence-electron chi connectivity index (χ0n) is 27.4. The van der Waals surface area contributed by atoms with Gasteiger partial charge >= 0.3 is 0 Å². The lowest BCUT2D eigenvalue weighted by atomic mass is 9.94. The SMILES string of the molecule is Cn1c(C(=O)NC2(C(=O)N[C@H](Cc3ccccc3)C(=O)NCC3CCN(CC4CCCCO4)CC3)CCCC2)cc2cccc(Cl)c21. The van der Waals surface area contributed by atoms with Gasteiger partial charge in [-0.2, -0.15) is 0 Å². The molecule has 10 heteroatoms. The van der Waals surface area contributed by atoms with Crippen LogP contribution in [0, 0.1) is 5.92 Å². The highest BCUT2D eigenvalue weighted by Crippen LogP contribution is 2.32. The summed E-state index contributed by atoms with van der Waals surface area (Å²) < 4.78 is 7.71. The van der Waals surface area contributed by atoms with Crippen molar-refractivity contribution in [3.05, 3.63) is 70.9 Å². The Morgan fingerprint density at radius 3 is 2.45 bits per heavy atom. The number of nitrogens with one attached hydrogen (secondary N) is 3. The summed E-state index contributed by atoms with van der Waals surface area (Å²) in [7, 11) is 1.81. The standard InChI is InChI=1S/C37H48ClN5O4/c1-42-32(23-28-12-9-14-30(38)33(28)42)35(45)41-37(17-6-7-18-37)36(46)40-31(22-26-10-3-2-4-11-26)34(44)39-24-27-15-19-43(20-16-27)25-29-13-5-8-21-47-29/h2-4,9-12,14,23,27,29,31H,5-8,13,15-22,24-25H2,1H3,(H,39,44)(H,40,46)(H,41,45)/t29?,31-/m1/s1. The van der Waals surface area contributed by atoms with Crippen LogP contribution in [0.4, 0.5) is 0 Å². The topological polar surface area (TPSA) is 105 Å². The number of carbonyl (C=O) groups is 3. The number of piperidine rings is 1. The molecule has 3 heterocycles. The maximum absolute atomic E-state index is 14.1. The minimum Gasteiger partial charge on any atom is -0.377 e. The molecular weight excluding hydrogens is 614 g/mol. The zero-order valence-corrected chi connectivity index (χ0v) is 28.2. The fraction of sp³-hybridized carbons (Fsp3) is 0.541. The monoisotopic (exact) mass is 661 g/mol. The summed E-state index contributed by atoms with van der Waals surface area (Å²) in [5, 5.41) is 10.8. The second-order valence-corrected chi connectivity index (χ2v) is 14.1. The molecule has 6 rings (SSSR count). The smallest absolute Gasteiger partial charge is 0.268 e. The van der Waals surface area contributed by atoms with Crippen molar-refractivity contribution in [1.82, 2.24) is 25.4 Å². The Morgan fingerprint density at radius 2 is 1.74 bits per heavy atom. The van der Waals surface area contributed by atoms with E-state index < -0.39 is 11.6 Å². The van der Waals surface area contributed by atoms with Gasteiger partial charge in [0.25, 0.3) is 5.91 Å². The van der Waals surface area contributed by atoms with E-state index in [0.717, 1.165) is 74.8 Å². The normalized spacial score (nSPS) is 20.9. The van der Waals surface area contributed by atoms with Crippen molar-refractivity contribution in [3.8, 4) is 0 Å². The molecule has 2 atom stereocenters. The molecule has 1 aliphatic carbocycles. The molecule has 0 spiro atoms. The number of ether oxygens (including phenoxy) is 1. The van der Waals surface area contributed by atoms with Gasteiger partial charge in [-0.15, -0.1) is 0 Å². The molecule has 3 N–H and O–H groups in total. The first-order chi connectivity index (χ1) is 22.8. The lowest BCUT2D eigenvalue weighted by Gasteiger charge is -2.35. The predicted molar refractivity (Wildman–Crippen MR) is 184 cm³/mol. The van der Waals surface area contributed by atoms with Crippen LogP contribution in [0.5, 0.6) is 0 Å². The van der Waals surface area contributed by atoms with E-state index in [1.807, 2.05) is 42.5 Å².